The van der Waals surface area contributed by atoms with Crippen molar-refractivity contribution in [2.75, 3.05) is 29.3 Å². The number of hydrogen-bond acceptors (Lipinski definition) is 3. The summed E-state index contributed by atoms with van der Waals surface area (Å²) in [6.45, 7) is 2.83. The zero-order chi connectivity index (χ0) is 16.6. The van der Waals surface area contributed by atoms with Gasteiger partial charge in [-0.25, -0.2) is 12.8 Å². The van der Waals surface area contributed by atoms with E-state index >= 15 is 0 Å². The molecule has 0 aromatic heterocycles. The fourth-order valence-electron chi connectivity index (χ4n) is 2.91. The molecule has 23 heavy (non-hydrogen) atoms. The van der Waals surface area contributed by atoms with Gasteiger partial charge >= 0.3 is 0 Å². The Morgan fingerprint density at radius 1 is 1.04 bits per heavy atom. The number of para-hydroxylation sites is 2. The molecule has 0 saturated carbocycles. The van der Waals surface area contributed by atoms with Gasteiger partial charge in [0, 0.05) is 20.1 Å². The predicted molar refractivity (Wildman–Crippen MR) is 90.0 cm³/mol. The highest BCUT2D eigenvalue weighted by atomic mass is 32.2. The normalized spacial score (nSPS) is 15.3. The Hall–Kier alpha value is -2.08. The van der Waals surface area contributed by atoms with Crippen molar-refractivity contribution in [1.29, 1.82) is 0 Å². The third-order valence-electron chi connectivity index (χ3n) is 4.13. The minimum atomic E-state index is -3.81. The fourth-order valence-corrected chi connectivity index (χ4v) is 4.67. The number of halogens is 1. The van der Waals surface area contributed by atoms with Gasteiger partial charge in [0.15, 0.2) is 0 Å². The van der Waals surface area contributed by atoms with Crippen LogP contribution in [0.2, 0.25) is 0 Å². The summed E-state index contributed by atoms with van der Waals surface area (Å²) in [5.41, 5.74) is 2.04. The predicted octanol–water partition coefficient (Wildman–Crippen LogP) is 3.17. The smallest absolute Gasteiger partial charge is 0.264 e. The highest BCUT2D eigenvalue weighted by Gasteiger charge is 2.30. The van der Waals surface area contributed by atoms with Crippen LogP contribution in [0.15, 0.2) is 47.4 Å². The van der Waals surface area contributed by atoms with Crippen LogP contribution in [-0.4, -0.2) is 28.6 Å². The average Bonchev–Trinajstić information content (AvgIpc) is 2.70. The second-order valence-corrected chi connectivity index (χ2v) is 7.58. The standard InChI is InChI=1S/C17H19FN2O2S/c1-13-8-9-14(18)12-17(13)23(21,22)20-11-5-10-19(2)15-6-3-4-7-16(15)20/h3-4,6-9,12H,5,10-11H2,1-2H3. The van der Waals surface area contributed by atoms with E-state index in [9.17, 15) is 12.8 Å². The molecule has 0 radical (unpaired) electrons. The molecule has 0 N–H and O–H groups in total. The molecule has 2 aromatic carbocycles. The molecule has 0 fully saturated rings. The minimum absolute atomic E-state index is 0.0249. The van der Waals surface area contributed by atoms with Crippen molar-refractivity contribution >= 4 is 21.4 Å². The first kappa shape index (κ1) is 15.8. The molecule has 3 rings (SSSR count). The van der Waals surface area contributed by atoms with Crippen molar-refractivity contribution in [3.63, 3.8) is 0 Å². The van der Waals surface area contributed by atoms with Gasteiger partial charge in [0.1, 0.15) is 5.82 Å². The SMILES string of the molecule is Cc1ccc(F)cc1S(=O)(=O)N1CCCN(C)c2ccccc21. The highest BCUT2D eigenvalue weighted by molar-refractivity contribution is 7.92. The molecule has 0 aliphatic carbocycles. The van der Waals surface area contributed by atoms with Gasteiger partial charge in [0.2, 0.25) is 0 Å². The van der Waals surface area contributed by atoms with Crippen molar-refractivity contribution in [2.45, 2.75) is 18.2 Å². The first-order valence-corrected chi connectivity index (χ1v) is 8.94. The molecule has 1 heterocycles. The Kier molecular flexibility index (Phi) is 4.02. The molecule has 1 aliphatic heterocycles. The molecular weight excluding hydrogens is 315 g/mol. The van der Waals surface area contributed by atoms with Gasteiger partial charge in [0.25, 0.3) is 10.0 Å². The van der Waals surface area contributed by atoms with Crippen molar-refractivity contribution in [2.24, 2.45) is 0 Å². The van der Waals surface area contributed by atoms with Crippen LogP contribution in [0.3, 0.4) is 0 Å². The molecule has 2 aromatic rings. The van der Waals surface area contributed by atoms with Crippen LogP contribution < -0.4 is 9.21 Å². The number of sulfonamides is 1. The molecule has 0 amide bonds. The summed E-state index contributed by atoms with van der Waals surface area (Å²) in [4.78, 5) is 2.07. The van der Waals surface area contributed by atoms with Gasteiger partial charge < -0.3 is 4.90 Å². The van der Waals surface area contributed by atoms with Gasteiger partial charge in [-0.3, -0.25) is 4.31 Å². The van der Waals surface area contributed by atoms with Crippen LogP contribution in [0.5, 0.6) is 0 Å². The molecular formula is C17H19FN2O2S. The van der Waals surface area contributed by atoms with E-state index in [2.05, 4.69) is 0 Å². The maximum absolute atomic E-state index is 13.6. The van der Waals surface area contributed by atoms with Crippen LogP contribution in [0.25, 0.3) is 0 Å². The summed E-state index contributed by atoms with van der Waals surface area (Å²) in [6.07, 6.45) is 0.707. The van der Waals surface area contributed by atoms with Crippen molar-refractivity contribution in [1.82, 2.24) is 0 Å². The molecule has 0 saturated heterocycles. The Morgan fingerprint density at radius 2 is 1.74 bits per heavy atom. The van der Waals surface area contributed by atoms with Gasteiger partial charge in [-0.05, 0) is 43.2 Å². The number of rotatable bonds is 2. The van der Waals surface area contributed by atoms with Crippen LogP contribution in [-0.2, 0) is 10.0 Å². The Balaban J connectivity index is 2.16. The lowest BCUT2D eigenvalue weighted by atomic mass is 10.2. The molecule has 1 aliphatic rings. The number of benzene rings is 2. The first-order chi connectivity index (χ1) is 10.9. The maximum atomic E-state index is 13.6. The molecule has 6 heteroatoms. The van der Waals surface area contributed by atoms with Gasteiger partial charge in [-0.1, -0.05) is 18.2 Å². The van der Waals surface area contributed by atoms with Crippen LogP contribution in [0.4, 0.5) is 15.8 Å². The van der Waals surface area contributed by atoms with E-state index < -0.39 is 15.8 Å². The maximum Gasteiger partial charge on any atom is 0.264 e. The van der Waals surface area contributed by atoms with Gasteiger partial charge in [0.05, 0.1) is 16.3 Å². The molecule has 0 unspecified atom stereocenters. The van der Waals surface area contributed by atoms with E-state index in [0.717, 1.165) is 18.3 Å². The van der Waals surface area contributed by atoms with E-state index in [-0.39, 0.29) is 4.90 Å². The summed E-state index contributed by atoms with van der Waals surface area (Å²) in [5, 5.41) is 0. The second-order valence-electron chi connectivity index (χ2n) is 5.75. The summed E-state index contributed by atoms with van der Waals surface area (Å²) in [6, 6.07) is 11.3. The largest absolute Gasteiger partial charge is 0.373 e. The Morgan fingerprint density at radius 3 is 2.48 bits per heavy atom. The fraction of sp³-hybridized carbons (Fsp3) is 0.294. The van der Waals surface area contributed by atoms with Crippen molar-refractivity contribution in [3.05, 3.63) is 53.8 Å². The molecule has 0 bridgehead atoms. The Bertz CT molecular complexity index is 836. The quantitative estimate of drug-likeness (QED) is 0.847. The highest BCUT2D eigenvalue weighted by Crippen LogP contribution is 2.35. The first-order valence-electron chi connectivity index (χ1n) is 7.50. The topological polar surface area (TPSA) is 40.6 Å². The van der Waals surface area contributed by atoms with Gasteiger partial charge in [-0.2, -0.15) is 0 Å². The van der Waals surface area contributed by atoms with Crippen LogP contribution >= 0.6 is 0 Å². The lowest BCUT2D eigenvalue weighted by molar-refractivity contribution is 0.584. The van der Waals surface area contributed by atoms with Crippen LogP contribution in [0.1, 0.15) is 12.0 Å². The third-order valence-corrected chi connectivity index (χ3v) is 6.09. The molecule has 122 valence electrons. The zero-order valence-electron chi connectivity index (χ0n) is 13.2. The van der Waals surface area contributed by atoms with Crippen molar-refractivity contribution < 1.29 is 12.8 Å². The zero-order valence-corrected chi connectivity index (χ0v) is 14.0. The summed E-state index contributed by atoms with van der Waals surface area (Å²) in [7, 11) is -1.86. The van der Waals surface area contributed by atoms with E-state index in [0.29, 0.717) is 24.2 Å². The molecule has 0 spiro atoms. The number of hydrogen-bond donors (Lipinski definition) is 0. The summed E-state index contributed by atoms with van der Waals surface area (Å²) < 4.78 is 41.2. The number of aryl methyl sites for hydroxylation is 1. The molecule has 0 atom stereocenters. The average molecular weight is 334 g/mol. The van der Waals surface area contributed by atoms with E-state index in [1.54, 1.807) is 13.0 Å². The summed E-state index contributed by atoms with van der Waals surface area (Å²) in [5.74, 6) is -0.547. The number of nitrogens with zero attached hydrogens (tertiary/aromatic N) is 2. The van der Waals surface area contributed by atoms with E-state index in [1.807, 2.05) is 30.1 Å². The monoisotopic (exact) mass is 334 g/mol. The number of fused-ring (bicyclic) bond motifs is 1. The van der Waals surface area contributed by atoms with Gasteiger partial charge in [-0.15, -0.1) is 0 Å². The summed E-state index contributed by atoms with van der Waals surface area (Å²) >= 11 is 0. The van der Waals surface area contributed by atoms with Crippen molar-refractivity contribution in [3.8, 4) is 0 Å². The van der Waals surface area contributed by atoms with Crippen LogP contribution in [0, 0.1) is 12.7 Å². The minimum Gasteiger partial charge on any atom is -0.373 e. The van der Waals surface area contributed by atoms with E-state index in [1.165, 1.54) is 16.4 Å². The second kappa shape index (κ2) is 5.85. The Labute approximate surface area is 136 Å². The van der Waals surface area contributed by atoms with E-state index in [4.69, 9.17) is 0 Å². The third kappa shape index (κ3) is 2.79. The lowest BCUT2D eigenvalue weighted by Crippen LogP contribution is -2.32. The number of anilines is 2. The lowest BCUT2D eigenvalue weighted by Gasteiger charge is -2.26. The molecule has 4 nitrogen and oxygen atoms in total.